The normalized spacial score (nSPS) is 10.1. The first kappa shape index (κ1) is 12.2. The minimum atomic E-state index is -0.377. The molecule has 1 aromatic heterocycles. The van der Waals surface area contributed by atoms with Crippen molar-refractivity contribution in [2.45, 2.75) is 0 Å². The molecule has 0 radical (unpaired) electrons. The number of halogens is 1. The van der Waals surface area contributed by atoms with Crippen molar-refractivity contribution in [1.29, 1.82) is 0 Å². The van der Waals surface area contributed by atoms with Crippen LogP contribution in [-0.2, 0) is 0 Å². The fourth-order valence-corrected chi connectivity index (χ4v) is 1.18. The highest BCUT2D eigenvalue weighted by Crippen LogP contribution is 2.10. The van der Waals surface area contributed by atoms with Crippen LogP contribution in [0.25, 0.3) is 0 Å². The smallest absolute Gasteiger partial charge is 0.273 e. The third-order valence-corrected chi connectivity index (χ3v) is 1.97. The van der Waals surface area contributed by atoms with Crippen molar-refractivity contribution in [2.24, 2.45) is 4.99 Å². The minimum Gasteiger partial charge on any atom is -0.277 e. The Kier molecular flexibility index (Phi) is 4.47. The number of hydrazine groups is 1. The van der Waals surface area contributed by atoms with Gasteiger partial charge in [-0.15, -0.1) is 0 Å². The summed E-state index contributed by atoms with van der Waals surface area (Å²) in [6.07, 6.45) is 4.34. The monoisotopic (exact) mass is 238 g/mol. The predicted molar refractivity (Wildman–Crippen MR) is 63.2 cm³/mol. The molecule has 1 aromatic rings. The number of hydrogen-bond donors (Lipinski definition) is 1. The zero-order valence-corrected chi connectivity index (χ0v) is 9.48. The molecule has 1 heterocycles. The summed E-state index contributed by atoms with van der Waals surface area (Å²) >= 11 is 5.77. The van der Waals surface area contributed by atoms with E-state index in [0.717, 1.165) is 0 Å². The average molecular weight is 239 g/mol. The van der Waals surface area contributed by atoms with Crippen molar-refractivity contribution in [3.8, 4) is 0 Å². The molecule has 1 N–H and O–H groups in total. The molecule has 0 aliphatic rings. The molecule has 16 heavy (non-hydrogen) atoms. The average Bonchev–Trinajstić information content (AvgIpc) is 2.28. The summed E-state index contributed by atoms with van der Waals surface area (Å²) in [6, 6.07) is 3.21. The number of aliphatic imine (C=N–C) groups is 1. The second-order valence-electron chi connectivity index (χ2n) is 2.75. The summed E-state index contributed by atoms with van der Waals surface area (Å²) < 4.78 is 0. The summed E-state index contributed by atoms with van der Waals surface area (Å²) in [5.41, 5.74) is 2.82. The van der Waals surface area contributed by atoms with Gasteiger partial charge in [-0.1, -0.05) is 18.2 Å². The van der Waals surface area contributed by atoms with E-state index in [1.54, 1.807) is 19.2 Å². The zero-order valence-electron chi connectivity index (χ0n) is 8.72. The topological polar surface area (TPSA) is 57.6 Å². The van der Waals surface area contributed by atoms with Gasteiger partial charge in [0.15, 0.2) is 0 Å². The molecule has 1 rings (SSSR count). The lowest BCUT2D eigenvalue weighted by atomic mass is 10.3. The molecule has 84 valence electrons. The van der Waals surface area contributed by atoms with Gasteiger partial charge in [-0.2, -0.15) is 0 Å². The maximum absolute atomic E-state index is 11.7. The van der Waals surface area contributed by atoms with Gasteiger partial charge in [0, 0.05) is 19.4 Å². The molecule has 0 aliphatic carbocycles. The summed E-state index contributed by atoms with van der Waals surface area (Å²) in [5, 5.41) is 1.48. The first-order valence-corrected chi connectivity index (χ1v) is 4.81. The third kappa shape index (κ3) is 3.06. The van der Waals surface area contributed by atoms with Crippen LogP contribution < -0.4 is 5.43 Å². The quantitative estimate of drug-likeness (QED) is 0.374. The van der Waals surface area contributed by atoms with E-state index in [2.05, 4.69) is 22.0 Å². The fraction of sp³-hybridized carbons (Fsp3) is 0.100. The molecule has 0 atom stereocenters. The van der Waals surface area contributed by atoms with Gasteiger partial charge in [-0.05, 0) is 12.1 Å². The Morgan fingerprint density at radius 1 is 1.75 bits per heavy atom. The van der Waals surface area contributed by atoms with E-state index in [9.17, 15) is 4.79 Å². The van der Waals surface area contributed by atoms with Gasteiger partial charge >= 0.3 is 0 Å². The Balaban J connectivity index is 2.79. The highest BCUT2D eigenvalue weighted by atomic mass is 35.5. The molecular formula is C10H11ClN4O. The van der Waals surface area contributed by atoms with E-state index in [1.807, 2.05) is 0 Å². The van der Waals surface area contributed by atoms with Crippen LogP contribution in [-0.4, -0.2) is 29.3 Å². The highest BCUT2D eigenvalue weighted by Gasteiger charge is 2.11. The molecular weight excluding hydrogens is 228 g/mol. The molecule has 6 heteroatoms. The van der Waals surface area contributed by atoms with E-state index in [0.29, 0.717) is 5.56 Å². The molecule has 0 spiro atoms. The number of pyridine rings is 1. The lowest BCUT2D eigenvalue weighted by Gasteiger charge is -2.15. The third-order valence-electron chi connectivity index (χ3n) is 1.67. The number of nitrogens with one attached hydrogen (secondary N) is 1. The first-order chi connectivity index (χ1) is 7.69. The largest absolute Gasteiger partial charge is 0.277 e. The minimum absolute atomic E-state index is 0.150. The van der Waals surface area contributed by atoms with E-state index < -0.39 is 0 Å². The van der Waals surface area contributed by atoms with Crippen LogP contribution in [0.15, 0.2) is 36.1 Å². The SMILES string of the molecule is C=CN(C=NC)NC(=O)c1cccnc1Cl. The lowest BCUT2D eigenvalue weighted by molar-refractivity contribution is 0.0900. The summed E-state index contributed by atoms with van der Waals surface area (Å²) in [5.74, 6) is -0.377. The summed E-state index contributed by atoms with van der Waals surface area (Å²) in [6.45, 7) is 3.52. The number of aromatic nitrogens is 1. The van der Waals surface area contributed by atoms with Crippen LogP contribution in [0.2, 0.25) is 5.15 Å². The van der Waals surface area contributed by atoms with Gasteiger partial charge in [0.05, 0.1) is 5.56 Å². The van der Waals surface area contributed by atoms with Gasteiger partial charge < -0.3 is 0 Å². The standard InChI is InChI=1S/C10H11ClN4O/c1-3-15(7-12-2)14-10(16)8-5-4-6-13-9(8)11/h3-7H,1H2,2H3,(H,14,16). The van der Waals surface area contributed by atoms with Crippen LogP contribution >= 0.6 is 11.6 Å². The van der Waals surface area contributed by atoms with Crippen molar-refractivity contribution in [3.05, 3.63) is 41.8 Å². The second kappa shape index (κ2) is 5.87. The highest BCUT2D eigenvalue weighted by molar-refractivity contribution is 6.32. The van der Waals surface area contributed by atoms with Crippen LogP contribution in [0.1, 0.15) is 10.4 Å². The Labute approximate surface area is 98.4 Å². The van der Waals surface area contributed by atoms with Crippen LogP contribution in [0.4, 0.5) is 0 Å². The van der Waals surface area contributed by atoms with Crippen molar-refractivity contribution in [3.63, 3.8) is 0 Å². The number of hydrogen-bond acceptors (Lipinski definition) is 3. The summed E-state index contributed by atoms with van der Waals surface area (Å²) in [4.78, 5) is 19.3. The lowest BCUT2D eigenvalue weighted by Crippen LogP contribution is -2.37. The molecule has 0 aliphatic heterocycles. The van der Waals surface area contributed by atoms with Gasteiger partial charge in [-0.3, -0.25) is 20.2 Å². The fourth-order valence-electron chi connectivity index (χ4n) is 0.979. The Morgan fingerprint density at radius 2 is 2.50 bits per heavy atom. The van der Waals surface area contributed by atoms with Crippen LogP contribution in [0, 0.1) is 0 Å². The zero-order chi connectivity index (χ0) is 12.0. The van der Waals surface area contributed by atoms with E-state index >= 15 is 0 Å². The molecule has 0 unspecified atom stereocenters. The second-order valence-corrected chi connectivity index (χ2v) is 3.10. The summed E-state index contributed by atoms with van der Waals surface area (Å²) in [7, 11) is 1.58. The molecule has 5 nitrogen and oxygen atoms in total. The van der Waals surface area contributed by atoms with Crippen molar-refractivity contribution < 1.29 is 4.79 Å². The predicted octanol–water partition coefficient (Wildman–Crippen LogP) is 1.48. The molecule has 1 amide bonds. The van der Waals surface area contributed by atoms with E-state index in [4.69, 9.17) is 11.6 Å². The first-order valence-electron chi connectivity index (χ1n) is 4.43. The van der Waals surface area contributed by atoms with Gasteiger partial charge in [0.1, 0.15) is 11.5 Å². The van der Waals surface area contributed by atoms with E-state index in [-0.39, 0.29) is 11.1 Å². The Hall–Kier alpha value is -1.88. The van der Waals surface area contributed by atoms with Crippen LogP contribution in [0.3, 0.4) is 0 Å². The van der Waals surface area contributed by atoms with E-state index in [1.165, 1.54) is 23.7 Å². The Morgan fingerprint density at radius 3 is 3.06 bits per heavy atom. The molecule has 0 fully saturated rings. The molecule has 0 bridgehead atoms. The van der Waals surface area contributed by atoms with Crippen molar-refractivity contribution in [1.82, 2.24) is 15.4 Å². The maximum atomic E-state index is 11.7. The van der Waals surface area contributed by atoms with Crippen molar-refractivity contribution >= 4 is 23.8 Å². The van der Waals surface area contributed by atoms with Gasteiger partial charge in [-0.25, -0.2) is 4.98 Å². The van der Waals surface area contributed by atoms with Crippen molar-refractivity contribution in [2.75, 3.05) is 7.05 Å². The molecule has 0 saturated heterocycles. The van der Waals surface area contributed by atoms with Crippen LogP contribution in [0.5, 0.6) is 0 Å². The maximum Gasteiger partial charge on any atom is 0.273 e. The number of amides is 1. The van der Waals surface area contributed by atoms with Gasteiger partial charge in [0.25, 0.3) is 5.91 Å². The molecule has 0 aromatic carbocycles. The number of carbonyl (C=O) groups is 1. The number of nitrogens with zero attached hydrogens (tertiary/aromatic N) is 3. The Bertz CT molecular complexity index is 419. The number of carbonyl (C=O) groups excluding carboxylic acids is 1. The number of rotatable bonds is 4. The van der Waals surface area contributed by atoms with Gasteiger partial charge in [0.2, 0.25) is 0 Å². The molecule has 0 saturated carbocycles.